The maximum Gasteiger partial charge on any atom is 0.237 e. The Bertz CT molecular complexity index is 388. The number of aliphatic hydroxyl groups excluding tert-OH is 1. The van der Waals surface area contributed by atoms with E-state index in [1.54, 1.807) is 11.3 Å². The average molecular weight is 282 g/mol. The molecule has 2 unspecified atom stereocenters. The van der Waals surface area contributed by atoms with Gasteiger partial charge < -0.3 is 15.7 Å². The van der Waals surface area contributed by atoms with Crippen LogP contribution in [0.1, 0.15) is 44.3 Å². The van der Waals surface area contributed by atoms with Gasteiger partial charge in [-0.05, 0) is 42.2 Å². The van der Waals surface area contributed by atoms with Gasteiger partial charge in [-0.25, -0.2) is 0 Å². The molecule has 0 saturated heterocycles. The lowest BCUT2D eigenvalue weighted by molar-refractivity contribution is -0.123. The number of hydrogen-bond donors (Lipinski definition) is 3. The molecule has 0 bridgehead atoms. The smallest absolute Gasteiger partial charge is 0.237 e. The molecule has 3 N–H and O–H groups in total. The summed E-state index contributed by atoms with van der Waals surface area (Å²) in [6, 6.07) is 1.98. The van der Waals surface area contributed by atoms with Crippen molar-refractivity contribution in [2.75, 3.05) is 6.54 Å². The molecule has 1 fully saturated rings. The summed E-state index contributed by atoms with van der Waals surface area (Å²) in [5, 5.41) is 19.9. The zero-order valence-electron chi connectivity index (χ0n) is 11.3. The van der Waals surface area contributed by atoms with Crippen molar-refractivity contribution in [3.8, 4) is 0 Å². The second-order valence-corrected chi connectivity index (χ2v) is 5.97. The standard InChI is InChI=1S/C14H22N2O2S/c1-10(14(18)16-12-4-2-3-5-12)15-8-13(17)11-6-7-19-9-11/h6-7,9-10,12-13,15,17H,2-5,8H2,1H3,(H,16,18). The van der Waals surface area contributed by atoms with E-state index in [-0.39, 0.29) is 11.9 Å². The van der Waals surface area contributed by atoms with E-state index in [0.717, 1.165) is 18.4 Å². The molecular weight excluding hydrogens is 260 g/mol. The molecule has 0 radical (unpaired) electrons. The molecule has 1 aliphatic rings. The number of carbonyl (C=O) groups is 1. The molecular formula is C14H22N2O2S. The third-order valence-electron chi connectivity index (χ3n) is 3.64. The highest BCUT2D eigenvalue weighted by Crippen LogP contribution is 2.18. The second kappa shape index (κ2) is 7.03. The monoisotopic (exact) mass is 282 g/mol. The van der Waals surface area contributed by atoms with Gasteiger partial charge in [0.05, 0.1) is 12.1 Å². The van der Waals surface area contributed by atoms with Crippen LogP contribution >= 0.6 is 11.3 Å². The average Bonchev–Trinajstić information content (AvgIpc) is 3.07. The van der Waals surface area contributed by atoms with Crippen LogP contribution < -0.4 is 10.6 Å². The molecule has 1 heterocycles. The highest BCUT2D eigenvalue weighted by molar-refractivity contribution is 7.07. The fraction of sp³-hybridized carbons (Fsp3) is 0.643. The summed E-state index contributed by atoms with van der Waals surface area (Å²) in [5.74, 6) is 0.0319. The Hall–Kier alpha value is -0.910. The van der Waals surface area contributed by atoms with Crippen LogP contribution in [0.2, 0.25) is 0 Å². The molecule has 5 heteroatoms. The van der Waals surface area contributed by atoms with Gasteiger partial charge in [0, 0.05) is 12.6 Å². The highest BCUT2D eigenvalue weighted by atomic mass is 32.1. The molecule has 1 aromatic rings. The van der Waals surface area contributed by atoms with Crippen LogP contribution in [0.5, 0.6) is 0 Å². The van der Waals surface area contributed by atoms with Crippen LogP contribution in [0, 0.1) is 0 Å². The minimum atomic E-state index is -0.548. The van der Waals surface area contributed by atoms with E-state index in [0.29, 0.717) is 12.6 Å². The number of hydrogen-bond acceptors (Lipinski definition) is 4. The highest BCUT2D eigenvalue weighted by Gasteiger charge is 2.21. The van der Waals surface area contributed by atoms with Crippen LogP contribution in [0.15, 0.2) is 16.8 Å². The zero-order valence-corrected chi connectivity index (χ0v) is 12.1. The van der Waals surface area contributed by atoms with Crippen LogP contribution in [0.25, 0.3) is 0 Å². The van der Waals surface area contributed by atoms with Gasteiger partial charge in [-0.2, -0.15) is 11.3 Å². The van der Waals surface area contributed by atoms with Crippen molar-refractivity contribution >= 4 is 17.2 Å². The SMILES string of the molecule is CC(NCC(O)c1ccsc1)C(=O)NC1CCCC1. The maximum absolute atomic E-state index is 11.9. The molecule has 0 aliphatic heterocycles. The summed E-state index contributed by atoms with van der Waals surface area (Å²) in [5.41, 5.74) is 0.904. The summed E-state index contributed by atoms with van der Waals surface area (Å²) in [6.45, 7) is 2.24. The van der Waals surface area contributed by atoms with Crippen LogP contribution in [0.4, 0.5) is 0 Å². The summed E-state index contributed by atoms with van der Waals surface area (Å²) < 4.78 is 0. The number of amides is 1. The van der Waals surface area contributed by atoms with E-state index in [2.05, 4.69) is 10.6 Å². The maximum atomic E-state index is 11.9. The van der Waals surface area contributed by atoms with Crippen LogP contribution in [-0.4, -0.2) is 29.6 Å². The second-order valence-electron chi connectivity index (χ2n) is 5.19. The Morgan fingerprint density at radius 3 is 2.89 bits per heavy atom. The van der Waals surface area contributed by atoms with Crippen molar-refractivity contribution in [1.29, 1.82) is 0 Å². The fourth-order valence-electron chi connectivity index (χ4n) is 2.36. The fourth-order valence-corrected chi connectivity index (χ4v) is 3.07. The molecule has 1 aliphatic carbocycles. The van der Waals surface area contributed by atoms with E-state index < -0.39 is 6.10 Å². The first kappa shape index (κ1) is 14.5. The van der Waals surface area contributed by atoms with Gasteiger partial charge >= 0.3 is 0 Å². The van der Waals surface area contributed by atoms with Crippen molar-refractivity contribution in [2.45, 2.75) is 50.8 Å². The first-order valence-corrected chi connectivity index (χ1v) is 7.85. The molecule has 19 heavy (non-hydrogen) atoms. The Kier molecular flexibility index (Phi) is 5.36. The third-order valence-corrected chi connectivity index (χ3v) is 4.34. The predicted octanol–water partition coefficient (Wildman–Crippen LogP) is 1.82. The topological polar surface area (TPSA) is 61.4 Å². The Labute approximate surface area is 118 Å². The lowest BCUT2D eigenvalue weighted by Gasteiger charge is -2.19. The van der Waals surface area contributed by atoms with E-state index >= 15 is 0 Å². The first-order valence-electron chi connectivity index (χ1n) is 6.90. The number of carbonyl (C=O) groups excluding carboxylic acids is 1. The first-order chi connectivity index (χ1) is 9.16. The molecule has 1 aromatic heterocycles. The Morgan fingerprint density at radius 2 is 2.26 bits per heavy atom. The van der Waals surface area contributed by atoms with Crippen molar-refractivity contribution in [2.24, 2.45) is 0 Å². The molecule has 0 spiro atoms. The van der Waals surface area contributed by atoms with E-state index in [1.165, 1.54) is 12.8 Å². The number of nitrogens with one attached hydrogen (secondary N) is 2. The van der Waals surface area contributed by atoms with Crippen molar-refractivity contribution in [3.63, 3.8) is 0 Å². The summed E-state index contributed by atoms with van der Waals surface area (Å²) >= 11 is 1.56. The van der Waals surface area contributed by atoms with Gasteiger partial charge in [-0.15, -0.1) is 0 Å². The summed E-state index contributed by atoms with van der Waals surface area (Å²) in [4.78, 5) is 11.9. The van der Waals surface area contributed by atoms with Crippen LogP contribution in [-0.2, 0) is 4.79 Å². The van der Waals surface area contributed by atoms with E-state index in [9.17, 15) is 9.90 Å². The molecule has 106 valence electrons. The van der Waals surface area contributed by atoms with Gasteiger partial charge in [-0.3, -0.25) is 4.79 Å². The van der Waals surface area contributed by atoms with Gasteiger partial charge in [-0.1, -0.05) is 12.8 Å². The molecule has 2 rings (SSSR count). The lowest BCUT2D eigenvalue weighted by Crippen LogP contribution is -2.46. The van der Waals surface area contributed by atoms with Gasteiger partial charge in [0.2, 0.25) is 5.91 Å². The lowest BCUT2D eigenvalue weighted by atomic mass is 10.2. The van der Waals surface area contributed by atoms with Gasteiger partial charge in [0.1, 0.15) is 0 Å². The van der Waals surface area contributed by atoms with Gasteiger partial charge in [0.15, 0.2) is 0 Å². The minimum absolute atomic E-state index is 0.0319. The van der Waals surface area contributed by atoms with Crippen molar-refractivity contribution < 1.29 is 9.90 Å². The van der Waals surface area contributed by atoms with E-state index in [4.69, 9.17) is 0 Å². The van der Waals surface area contributed by atoms with E-state index in [1.807, 2.05) is 23.8 Å². The number of aliphatic hydroxyl groups is 1. The summed E-state index contributed by atoms with van der Waals surface area (Å²) in [7, 11) is 0. The predicted molar refractivity (Wildman–Crippen MR) is 77.1 cm³/mol. The molecule has 1 amide bonds. The number of rotatable bonds is 6. The zero-order chi connectivity index (χ0) is 13.7. The molecule has 2 atom stereocenters. The third kappa shape index (κ3) is 4.30. The Morgan fingerprint density at radius 1 is 1.53 bits per heavy atom. The Balaban J connectivity index is 1.71. The molecule has 0 aromatic carbocycles. The largest absolute Gasteiger partial charge is 0.387 e. The van der Waals surface area contributed by atoms with Gasteiger partial charge in [0.25, 0.3) is 0 Å². The molecule has 4 nitrogen and oxygen atoms in total. The number of thiophene rings is 1. The summed E-state index contributed by atoms with van der Waals surface area (Å²) in [6.07, 6.45) is 4.06. The molecule has 1 saturated carbocycles. The quantitative estimate of drug-likeness (QED) is 0.746. The van der Waals surface area contributed by atoms with Crippen LogP contribution in [0.3, 0.4) is 0 Å². The van der Waals surface area contributed by atoms with Crippen molar-refractivity contribution in [1.82, 2.24) is 10.6 Å². The minimum Gasteiger partial charge on any atom is -0.387 e. The normalized spacial score (nSPS) is 19.3. The van der Waals surface area contributed by atoms with Crippen molar-refractivity contribution in [3.05, 3.63) is 22.4 Å².